The molecule has 27 heavy (non-hydrogen) atoms. The van der Waals surface area contributed by atoms with Gasteiger partial charge in [-0.3, -0.25) is 14.9 Å². The highest BCUT2D eigenvalue weighted by Gasteiger charge is 2.25. The highest BCUT2D eigenvalue weighted by atomic mass is 19.1. The lowest BCUT2D eigenvalue weighted by Gasteiger charge is -2.36. The number of amides is 1. The molecule has 0 aliphatic carbocycles. The second-order valence-electron chi connectivity index (χ2n) is 6.30. The Kier molecular flexibility index (Phi) is 4.53. The molecule has 1 saturated heterocycles. The van der Waals surface area contributed by atoms with E-state index < -0.39 is 11.6 Å². The molecule has 0 unspecified atom stereocenters. The molecule has 3 aromatic rings. The Hall–Kier alpha value is -3.29. The van der Waals surface area contributed by atoms with Crippen molar-refractivity contribution in [1.82, 2.24) is 20.1 Å². The molecule has 4 rings (SSSR count). The number of anilines is 1. The molecule has 0 saturated carbocycles. The highest BCUT2D eigenvalue weighted by Crippen LogP contribution is 2.24. The van der Waals surface area contributed by atoms with E-state index in [1.54, 1.807) is 29.4 Å². The van der Waals surface area contributed by atoms with Crippen molar-refractivity contribution in [2.75, 3.05) is 31.1 Å². The first-order valence-electron chi connectivity index (χ1n) is 8.56. The maximum absolute atomic E-state index is 13.4. The number of pyridine rings is 1. The van der Waals surface area contributed by atoms with Crippen LogP contribution in [0.3, 0.4) is 0 Å². The largest absolute Gasteiger partial charge is 0.368 e. The summed E-state index contributed by atoms with van der Waals surface area (Å²) in [5.74, 6) is -1.34. The lowest BCUT2D eigenvalue weighted by molar-refractivity contribution is 0.0747. The number of carbonyl (C=O) groups excluding carboxylic acids is 1. The van der Waals surface area contributed by atoms with Crippen LogP contribution in [0.1, 0.15) is 10.4 Å². The van der Waals surface area contributed by atoms with Gasteiger partial charge in [0.25, 0.3) is 5.91 Å². The molecule has 0 atom stereocenters. The Balaban J connectivity index is 1.48. The summed E-state index contributed by atoms with van der Waals surface area (Å²) in [5, 5.41) is 6.88. The number of aromatic amines is 1. The summed E-state index contributed by atoms with van der Waals surface area (Å²) in [6.45, 7) is 1.91. The minimum absolute atomic E-state index is 0.124. The molecular weight excluding hydrogens is 352 g/mol. The summed E-state index contributed by atoms with van der Waals surface area (Å²) in [5.41, 5.74) is 2.46. The average molecular weight is 369 g/mol. The monoisotopic (exact) mass is 369 g/mol. The van der Waals surface area contributed by atoms with E-state index in [9.17, 15) is 13.6 Å². The molecule has 2 aromatic heterocycles. The molecule has 1 aliphatic rings. The Morgan fingerprint density at radius 3 is 2.33 bits per heavy atom. The van der Waals surface area contributed by atoms with Gasteiger partial charge in [0.15, 0.2) is 0 Å². The van der Waals surface area contributed by atoms with Gasteiger partial charge in [-0.05, 0) is 24.3 Å². The molecule has 1 fully saturated rings. The fourth-order valence-electron chi connectivity index (χ4n) is 3.25. The van der Waals surface area contributed by atoms with E-state index >= 15 is 0 Å². The van der Waals surface area contributed by atoms with Crippen LogP contribution in [0, 0.1) is 11.6 Å². The Morgan fingerprint density at radius 1 is 1.00 bits per heavy atom. The van der Waals surface area contributed by atoms with Crippen LogP contribution in [-0.2, 0) is 0 Å². The molecule has 1 aromatic carbocycles. The van der Waals surface area contributed by atoms with Crippen LogP contribution >= 0.6 is 0 Å². The molecule has 0 bridgehead atoms. The van der Waals surface area contributed by atoms with E-state index in [1.165, 1.54) is 18.3 Å². The first-order chi connectivity index (χ1) is 13.1. The minimum Gasteiger partial charge on any atom is -0.368 e. The Bertz CT molecular complexity index is 931. The molecule has 6 nitrogen and oxygen atoms in total. The van der Waals surface area contributed by atoms with Crippen LogP contribution in [0.25, 0.3) is 11.3 Å². The topological polar surface area (TPSA) is 65.1 Å². The number of piperazine rings is 1. The fourth-order valence-corrected chi connectivity index (χ4v) is 3.25. The third-order valence-corrected chi connectivity index (χ3v) is 4.62. The van der Waals surface area contributed by atoms with Gasteiger partial charge in [-0.25, -0.2) is 8.78 Å². The molecule has 3 heterocycles. The van der Waals surface area contributed by atoms with Crippen molar-refractivity contribution in [2.45, 2.75) is 0 Å². The Labute approximate surface area is 154 Å². The van der Waals surface area contributed by atoms with Crippen LogP contribution < -0.4 is 4.90 Å². The quantitative estimate of drug-likeness (QED) is 0.771. The van der Waals surface area contributed by atoms with Crippen LogP contribution in [0.15, 0.2) is 48.9 Å². The van der Waals surface area contributed by atoms with Gasteiger partial charge in [0.2, 0.25) is 0 Å². The highest BCUT2D eigenvalue weighted by molar-refractivity contribution is 5.99. The van der Waals surface area contributed by atoms with E-state index in [1.807, 2.05) is 4.90 Å². The summed E-state index contributed by atoms with van der Waals surface area (Å²) < 4.78 is 26.9. The first kappa shape index (κ1) is 17.1. The van der Waals surface area contributed by atoms with Gasteiger partial charge in [0, 0.05) is 55.9 Å². The number of hydrogen-bond acceptors (Lipinski definition) is 4. The van der Waals surface area contributed by atoms with Crippen molar-refractivity contribution in [3.05, 3.63) is 66.1 Å². The minimum atomic E-state index is -0.608. The number of rotatable bonds is 3. The van der Waals surface area contributed by atoms with E-state index in [4.69, 9.17) is 0 Å². The number of aromatic nitrogens is 3. The SMILES string of the molecule is O=C(c1cn[nH]c1-c1ccncc1)N1CCN(c2cc(F)cc(F)c2)CC1. The maximum Gasteiger partial charge on any atom is 0.257 e. The number of nitrogens with one attached hydrogen (secondary N) is 1. The van der Waals surface area contributed by atoms with Crippen molar-refractivity contribution in [3.8, 4) is 11.3 Å². The van der Waals surface area contributed by atoms with Gasteiger partial charge < -0.3 is 9.80 Å². The van der Waals surface area contributed by atoms with E-state index in [-0.39, 0.29) is 5.91 Å². The summed E-state index contributed by atoms with van der Waals surface area (Å²) in [6, 6.07) is 7.07. The number of carbonyl (C=O) groups is 1. The molecule has 1 N–H and O–H groups in total. The molecule has 138 valence electrons. The van der Waals surface area contributed by atoms with Crippen LogP contribution in [0.4, 0.5) is 14.5 Å². The second-order valence-corrected chi connectivity index (χ2v) is 6.30. The third kappa shape index (κ3) is 3.51. The zero-order valence-electron chi connectivity index (χ0n) is 14.4. The van der Waals surface area contributed by atoms with Gasteiger partial charge in [0.1, 0.15) is 11.6 Å². The van der Waals surface area contributed by atoms with Crippen molar-refractivity contribution >= 4 is 11.6 Å². The summed E-state index contributed by atoms with van der Waals surface area (Å²) in [6.07, 6.45) is 4.83. The fraction of sp³-hybridized carbons (Fsp3) is 0.211. The van der Waals surface area contributed by atoms with Crippen LogP contribution in [-0.4, -0.2) is 52.2 Å². The summed E-state index contributed by atoms with van der Waals surface area (Å²) >= 11 is 0. The van der Waals surface area contributed by atoms with Crippen molar-refractivity contribution in [1.29, 1.82) is 0 Å². The molecule has 0 spiro atoms. The smallest absolute Gasteiger partial charge is 0.257 e. The average Bonchev–Trinajstić information content (AvgIpc) is 3.17. The van der Waals surface area contributed by atoms with Crippen molar-refractivity contribution in [2.24, 2.45) is 0 Å². The Morgan fingerprint density at radius 2 is 1.67 bits per heavy atom. The van der Waals surface area contributed by atoms with Gasteiger partial charge in [0.05, 0.1) is 17.5 Å². The number of H-pyrrole nitrogens is 1. The second kappa shape index (κ2) is 7.14. The maximum atomic E-state index is 13.4. The van der Waals surface area contributed by atoms with E-state index in [0.29, 0.717) is 43.1 Å². The van der Waals surface area contributed by atoms with Crippen molar-refractivity contribution < 1.29 is 13.6 Å². The molecule has 1 aliphatic heterocycles. The predicted molar refractivity (Wildman–Crippen MR) is 96.3 cm³/mol. The standard InChI is InChI=1S/C19H17F2N5O/c20-14-9-15(21)11-16(10-14)25-5-7-26(8-6-25)19(27)17-12-23-24-18(17)13-1-3-22-4-2-13/h1-4,9-12H,5-8H2,(H,23,24). The van der Waals surface area contributed by atoms with Gasteiger partial charge in [-0.1, -0.05) is 0 Å². The molecule has 0 radical (unpaired) electrons. The van der Waals surface area contributed by atoms with Gasteiger partial charge in [-0.2, -0.15) is 5.10 Å². The van der Waals surface area contributed by atoms with Crippen molar-refractivity contribution in [3.63, 3.8) is 0 Å². The van der Waals surface area contributed by atoms with E-state index in [2.05, 4.69) is 15.2 Å². The van der Waals surface area contributed by atoms with Crippen LogP contribution in [0.2, 0.25) is 0 Å². The predicted octanol–water partition coefficient (Wildman–Crippen LogP) is 2.71. The zero-order chi connectivity index (χ0) is 18.8. The number of nitrogens with zero attached hydrogens (tertiary/aromatic N) is 4. The molecule has 8 heteroatoms. The first-order valence-corrected chi connectivity index (χ1v) is 8.56. The van der Waals surface area contributed by atoms with Crippen LogP contribution in [0.5, 0.6) is 0 Å². The molecule has 1 amide bonds. The zero-order valence-corrected chi connectivity index (χ0v) is 14.4. The van der Waals surface area contributed by atoms with Gasteiger partial charge >= 0.3 is 0 Å². The lowest BCUT2D eigenvalue weighted by atomic mass is 10.1. The molecular formula is C19H17F2N5O. The summed E-state index contributed by atoms with van der Waals surface area (Å²) in [4.78, 5) is 20.5. The number of halogens is 2. The third-order valence-electron chi connectivity index (χ3n) is 4.62. The number of benzene rings is 1. The lowest BCUT2D eigenvalue weighted by Crippen LogP contribution is -2.48. The summed E-state index contributed by atoms with van der Waals surface area (Å²) in [7, 11) is 0. The number of hydrogen-bond donors (Lipinski definition) is 1. The van der Waals surface area contributed by atoms with E-state index in [0.717, 1.165) is 11.6 Å². The normalized spacial score (nSPS) is 14.4. The van der Waals surface area contributed by atoms with Gasteiger partial charge in [-0.15, -0.1) is 0 Å².